The Labute approximate surface area is 76.9 Å². The molecule has 13 heavy (non-hydrogen) atoms. The first-order valence-corrected chi connectivity index (χ1v) is 4.19. The summed E-state index contributed by atoms with van der Waals surface area (Å²) in [5.74, 6) is -0.999. The Morgan fingerprint density at radius 2 is 2.08 bits per heavy atom. The molecule has 0 fully saturated rings. The summed E-state index contributed by atoms with van der Waals surface area (Å²) in [6, 6.07) is 3.68. The predicted molar refractivity (Wildman–Crippen MR) is 49.5 cm³/mol. The summed E-state index contributed by atoms with van der Waals surface area (Å²) in [6.45, 7) is 3.82. The van der Waals surface area contributed by atoms with Gasteiger partial charge >= 0.3 is 0 Å². The van der Waals surface area contributed by atoms with E-state index in [4.69, 9.17) is 0 Å². The summed E-state index contributed by atoms with van der Waals surface area (Å²) in [5.41, 5.74) is 1.61. The van der Waals surface area contributed by atoms with E-state index in [1.165, 1.54) is 12.1 Å². The van der Waals surface area contributed by atoms with Crippen LogP contribution < -0.4 is 0 Å². The van der Waals surface area contributed by atoms with Crippen molar-refractivity contribution in [1.82, 2.24) is 0 Å². The fourth-order valence-corrected chi connectivity index (χ4v) is 1.07. The second kappa shape index (κ2) is 4.17. The maximum absolute atomic E-state index is 13.1. The van der Waals surface area contributed by atoms with Gasteiger partial charge in [0.05, 0.1) is 0 Å². The Kier molecular flexibility index (Phi) is 3.18. The van der Waals surface area contributed by atoms with Crippen LogP contribution in [0.25, 0.3) is 0 Å². The summed E-state index contributed by atoms with van der Waals surface area (Å²) >= 11 is 0. The molecule has 0 saturated carbocycles. The lowest BCUT2D eigenvalue weighted by Gasteiger charge is -2.02. The molecular formula is C11H12F2. The maximum Gasteiger partial charge on any atom is 0.129 e. The van der Waals surface area contributed by atoms with Crippen molar-refractivity contribution in [3.63, 3.8) is 0 Å². The normalized spacial score (nSPS) is 11.8. The van der Waals surface area contributed by atoms with Crippen LogP contribution in [0.15, 0.2) is 29.8 Å². The third-order valence-corrected chi connectivity index (χ3v) is 1.98. The third kappa shape index (κ3) is 2.65. The molecule has 2 heteroatoms. The summed E-state index contributed by atoms with van der Waals surface area (Å²) in [4.78, 5) is 0. The fourth-order valence-electron chi connectivity index (χ4n) is 1.07. The van der Waals surface area contributed by atoms with Gasteiger partial charge in [0, 0.05) is 6.07 Å². The average molecular weight is 182 g/mol. The zero-order chi connectivity index (χ0) is 9.84. The van der Waals surface area contributed by atoms with E-state index in [2.05, 4.69) is 0 Å². The first-order chi connectivity index (χ1) is 6.13. The first kappa shape index (κ1) is 9.90. The second-order valence-corrected chi connectivity index (χ2v) is 3.05. The van der Waals surface area contributed by atoms with Crippen molar-refractivity contribution < 1.29 is 8.78 Å². The lowest BCUT2D eigenvalue weighted by Crippen LogP contribution is -1.92. The highest BCUT2D eigenvalue weighted by Gasteiger charge is 2.03. The predicted octanol–water partition coefficient (Wildman–Crippen LogP) is 3.47. The monoisotopic (exact) mass is 182 g/mol. The quantitative estimate of drug-likeness (QED) is 0.614. The summed E-state index contributed by atoms with van der Waals surface area (Å²) in [7, 11) is 0. The summed E-state index contributed by atoms with van der Waals surface area (Å²) in [6.07, 6.45) is 2.46. The molecule has 0 aliphatic carbocycles. The number of allylic oxidation sites excluding steroid dienone is 2. The molecular weight excluding hydrogens is 170 g/mol. The molecule has 0 N–H and O–H groups in total. The molecule has 70 valence electrons. The SMILES string of the molecule is C/C=C(/C)Cc1ccc(F)cc1F. The van der Waals surface area contributed by atoms with Gasteiger partial charge in [-0.1, -0.05) is 17.7 Å². The average Bonchev–Trinajstić information content (AvgIpc) is 2.09. The molecule has 1 aromatic carbocycles. The van der Waals surface area contributed by atoms with Crippen LogP contribution in [0.5, 0.6) is 0 Å². The number of rotatable bonds is 2. The minimum Gasteiger partial charge on any atom is -0.207 e. The highest BCUT2D eigenvalue weighted by Crippen LogP contribution is 2.13. The molecule has 0 nitrogen and oxygen atoms in total. The van der Waals surface area contributed by atoms with Gasteiger partial charge in [0.25, 0.3) is 0 Å². The van der Waals surface area contributed by atoms with E-state index < -0.39 is 11.6 Å². The van der Waals surface area contributed by atoms with Gasteiger partial charge in [-0.2, -0.15) is 0 Å². The standard InChI is InChI=1S/C11H12F2/c1-3-8(2)6-9-4-5-10(12)7-11(9)13/h3-5,7H,6H2,1-2H3/b8-3-. The summed E-state index contributed by atoms with van der Waals surface area (Å²) in [5, 5.41) is 0. The first-order valence-electron chi connectivity index (χ1n) is 4.19. The zero-order valence-electron chi connectivity index (χ0n) is 7.77. The Hall–Kier alpha value is -1.18. The van der Waals surface area contributed by atoms with Crippen molar-refractivity contribution in [3.05, 3.63) is 47.0 Å². The zero-order valence-corrected chi connectivity index (χ0v) is 7.77. The molecule has 0 aromatic heterocycles. The molecule has 0 radical (unpaired) electrons. The molecule has 1 aromatic rings. The second-order valence-electron chi connectivity index (χ2n) is 3.05. The Morgan fingerprint density at radius 3 is 2.62 bits per heavy atom. The van der Waals surface area contributed by atoms with Gasteiger partial charge in [0.2, 0.25) is 0 Å². The minimum absolute atomic E-state index is 0.471. The van der Waals surface area contributed by atoms with Crippen LogP contribution in [0.1, 0.15) is 19.4 Å². The van der Waals surface area contributed by atoms with Crippen LogP contribution in [0.3, 0.4) is 0 Å². The van der Waals surface area contributed by atoms with Crippen LogP contribution in [-0.4, -0.2) is 0 Å². The number of hydrogen-bond donors (Lipinski definition) is 0. The maximum atomic E-state index is 13.1. The third-order valence-electron chi connectivity index (χ3n) is 1.98. The van der Waals surface area contributed by atoms with Crippen LogP contribution in [0.4, 0.5) is 8.78 Å². The van der Waals surface area contributed by atoms with Crippen LogP contribution in [0, 0.1) is 11.6 Å². The van der Waals surface area contributed by atoms with E-state index in [0.29, 0.717) is 12.0 Å². The van der Waals surface area contributed by atoms with Crippen molar-refractivity contribution >= 4 is 0 Å². The number of hydrogen-bond acceptors (Lipinski definition) is 0. The van der Waals surface area contributed by atoms with E-state index >= 15 is 0 Å². The molecule has 0 bridgehead atoms. The Balaban J connectivity index is 2.90. The topological polar surface area (TPSA) is 0 Å². The van der Waals surface area contributed by atoms with Gasteiger partial charge in [-0.3, -0.25) is 0 Å². The number of benzene rings is 1. The van der Waals surface area contributed by atoms with Crippen LogP contribution in [0.2, 0.25) is 0 Å². The largest absolute Gasteiger partial charge is 0.207 e. The van der Waals surface area contributed by atoms with Crippen molar-refractivity contribution in [1.29, 1.82) is 0 Å². The molecule has 0 heterocycles. The highest BCUT2D eigenvalue weighted by atomic mass is 19.1. The van der Waals surface area contributed by atoms with Crippen molar-refractivity contribution in [3.8, 4) is 0 Å². The molecule has 0 saturated heterocycles. The molecule has 0 amide bonds. The van der Waals surface area contributed by atoms with E-state index in [1.807, 2.05) is 19.9 Å². The van der Waals surface area contributed by atoms with Crippen molar-refractivity contribution in [2.24, 2.45) is 0 Å². The molecule has 0 aliphatic rings. The molecule has 0 spiro atoms. The van der Waals surface area contributed by atoms with E-state index in [-0.39, 0.29) is 0 Å². The van der Waals surface area contributed by atoms with Crippen LogP contribution >= 0.6 is 0 Å². The van der Waals surface area contributed by atoms with Gasteiger partial charge in [-0.05, 0) is 31.9 Å². The van der Waals surface area contributed by atoms with Gasteiger partial charge < -0.3 is 0 Å². The lowest BCUT2D eigenvalue weighted by atomic mass is 10.1. The molecule has 0 aliphatic heterocycles. The minimum atomic E-state index is -0.528. The molecule has 0 atom stereocenters. The van der Waals surface area contributed by atoms with Crippen molar-refractivity contribution in [2.75, 3.05) is 0 Å². The van der Waals surface area contributed by atoms with Gasteiger partial charge in [0.15, 0.2) is 0 Å². The molecule has 0 unspecified atom stereocenters. The van der Waals surface area contributed by atoms with Crippen LogP contribution in [-0.2, 0) is 6.42 Å². The van der Waals surface area contributed by atoms with Gasteiger partial charge in [0.1, 0.15) is 11.6 Å². The van der Waals surface area contributed by atoms with E-state index in [9.17, 15) is 8.78 Å². The Bertz CT molecular complexity index is 327. The lowest BCUT2D eigenvalue weighted by molar-refractivity contribution is 0.574. The fraction of sp³-hybridized carbons (Fsp3) is 0.273. The van der Waals surface area contributed by atoms with Gasteiger partial charge in [-0.25, -0.2) is 8.78 Å². The highest BCUT2D eigenvalue weighted by molar-refractivity contribution is 5.23. The smallest absolute Gasteiger partial charge is 0.129 e. The number of halogens is 2. The summed E-state index contributed by atoms with van der Waals surface area (Å²) < 4.78 is 25.6. The van der Waals surface area contributed by atoms with E-state index in [1.54, 1.807) is 0 Å². The Morgan fingerprint density at radius 1 is 1.38 bits per heavy atom. The molecule has 1 rings (SSSR count). The van der Waals surface area contributed by atoms with Gasteiger partial charge in [-0.15, -0.1) is 0 Å². The van der Waals surface area contributed by atoms with Crippen molar-refractivity contribution in [2.45, 2.75) is 20.3 Å². The van der Waals surface area contributed by atoms with E-state index in [0.717, 1.165) is 11.6 Å².